The molecule has 1 aliphatic rings. The largest absolute Gasteiger partial charge is 0.493 e. The van der Waals surface area contributed by atoms with E-state index in [1.165, 1.54) is 13.0 Å². The van der Waals surface area contributed by atoms with E-state index in [-0.39, 0.29) is 28.8 Å². The molecule has 2 atom stereocenters. The Labute approximate surface area is 251 Å². The Hall–Kier alpha value is -4.54. The van der Waals surface area contributed by atoms with Crippen LogP contribution in [0.2, 0.25) is 0 Å². The van der Waals surface area contributed by atoms with Crippen LogP contribution in [0.15, 0.2) is 35.1 Å². The number of hydrogen-bond donors (Lipinski definition) is 3. The maximum Gasteiger partial charge on any atom is 0.248 e. The number of fused-ring (bicyclic) bond motifs is 3. The molecule has 0 fully saturated rings. The molecule has 43 heavy (non-hydrogen) atoms. The van der Waals surface area contributed by atoms with Crippen molar-refractivity contribution in [3.8, 4) is 28.4 Å². The monoisotopic (exact) mass is 591 g/mol. The number of hydrogen-bond acceptors (Lipinski definition) is 8. The molecular formula is C32H41N5O6. The zero-order valence-electron chi connectivity index (χ0n) is 26.1. The molecule has 2 aromatic carbocycles. The first-order chi connectivity index (χ1) is 20.5. The molecule has 1 aromatic heterocycles. The van der Waals surface area contributed by atoms with E-state index in [4.69, 9.17) is 14.2 Å². The Morgan fingerprint density at radius 1 is 1.07 bits per heavy atom. The Balaban J connectivity index is 1.85. The third-order valence-corrected chi connectivity index (χ3v) is 7.63. The molecule has 0 spiro atoms. The van der Waals surface area contributed by atoms with Gasteiger partial charge in [-0.05, 0) is 67.0 Å². The first-order valence-electron chi connectivity index (χ1n) is 14.3. The summed E-state index contributed by atoms with van der Waals surface area (Å²) in [4.78, 5) is 39.4. The number of nitrogens with one attached hydrogen (secondary N) is 3. The normalized spacial score (nSPS) is 14.6. The molecule has 3 aromatic rings. The highest BCUT2D eigenvalue weighted by Gasteiger charge is 2.30. The summed E-state index contributed by atoms with van der Waals surface area (Å²) in [6.45, 7) is 7.38. The molecule has 0 bridgehead atoms. The number of amides is 2. The van der Waals surface area contributed by atoms with Crippen LogP contribution in [0.25, 0.3) is 11.1 Å². The van der Waals surface area contributed by atoms with Gasteiger partial charge >= 0.3 is 0 Å². The number of benzene rings is 1. The van der Waals surface area contributed by atoms with Crippen LogP contribution in [-0.4, -0.2) is 49.0 Å². The predicted octanol–water partition coefficient (Wildman–Crippen LogP) is 4.37. The summed E-state index contributed by atoms with van der Waals surface area (Å²) in [5.41, 5.74) is 3.89. The number of rotatable bonds is 10. The SMILES string of the molecule is COc1cc2c(c(OC)c1OC)-c1ccc(NC(CC(C)C)C(=O)Nc3cc(C)n(C)n3)c(=O)cc1C(NC(C)=O)CC2. The molecular weight excluding hydrogens is 550 g/mol. The van der Waals surface area contributed by atoms with E-state index >= 15 is 0 Å². The summed E-state index contributed by atoms with van der Waals surface area (Å²) in [5, 5.41) is 13.4. The van der Waals surface area contributed by atoms with Gasteiger partial charge in [0.1, 0.15) is 6.04 Å². The maximum absolute atomic E-state index is 13.8. The number of aromatic nitrogens is 2. The second-order valence-electron chi connectivity index (χ2n) is 11.2. The standard InChI is InChI=1S/C32H41N5O6/c1-17(2)13-25(32(40)35-28-14-18(3)37(5)36-28)34-24-12-10-21-22(16-26(24)39)23(33-19(4)38)11-9-20-15-27(41-6)30(42-7)31(43-8)29(20)21/h10,12,14-17,23,25H,9,11,13H2,1-8H3,(H,33,38)(H,34,39)(H,35,36,40). The van der Waals surface area contributed by atoms with E-state index < -0.39 is 12.1 Å². The second-order valence-corrected chi connectivity index (χ2v) is 11.2. The molecule has 3 N–H and O–H groups in total. The van der Waals surface area contributed by atoms with Crippen molar-refractivity contribution in [2.75, 3.05) is 32.0 Å². The molecule has 4 rings (SSSR count). The molecule has 230 valence electrons. The summed E-state index contributed by atoms with van der Waals surface area (Å²) in [5.74, 6) is 1.53. The molecule has 0 radical (unpaired) electrons. The van der Waals surface area contributed by atoms with E-state index in [1.54, 1.807) is 45.2 Å². The third kappa shape index (κ3) is 6.76. The minimum Gasteiger partial charge on any atom is -0.493 e. The van der Waals surface area contributed by atoms with Crippen LogP contribution in [0.5, 0.6) is 17.2 Å². The van der Waals surface area contributed by atoms with Crippen LogP contribution in [0.3, 0.4) is 0 Å². The van der Waals surface area contributed by atoms with Gasteiger partial charge in [0.25, 0.3) is 0 Å². The Morgan fingerprint density at radius 2 is 1.79 bits per heavy atom. The first kappa shape index (κ1) is 31.4. The lowest BCUT2D eigenvalue weighted by atomic mass is 9.95. The molecule has 0 aliphatic heterocycles. The minimum atomic E-state index is -0.700. The van der Waals surface area contributed by atoms with Gasteiger partial charge in [-0.25, -0.2) is 0 Å². The fourth-order valence-electron chi connectivity index (χ4n) is 5.55. The third-order valence-electron chi connectivity index (χ3n) is 7.63. The Bertz CT molecular complexity index is 1560. The lowest BCUT2D eigenvalue weighted by molar-refractivity contribution is -0.120. The van der Waals surface area contributed by atoms with Crippen molar-refractivity contribution in [3.63, 3.8) is 0 Å². The van der Waals surface area contributed by atoms with Gasteiger partial charge in [-0.15, -0.1) is 0 Å². The highest BCUT2D eigenvalue weighted by molar-refractivity contribution is 5.96. The molecule has 0 saturated heterocycles. The lowest BCUT2D eigenvalue weighted by Gasteiger charge is -2.20. The van der Waals surface area contributed by atoms with Gasteiger partial charge < -0.3 is 30.2 Å². The number of nitrogens with zero attached hydrogens (tertiary/aromatic N) is 2. The van der Waals surface area contributed by atoms with Crippen LogP contribution in [0, 0.1) is 12.8 Å². The fraction of sp³-hybridized carbons (Fsp3) is 0.438. The second kappa shape index (κ2) is 13.2. The van der Waals surface area contributed by atoms with E-state index in [9.17, 15) is 14.4 Å². The van der Waals surface area contributed by atoms with Crippen molar-refractivity contribution in [3.05, 3.63) is 57.4 Å². The van der Waals surface area contributed by atoms with E-state index in [1.807, 2.05) is 32.9 Å². The Morgan fingerprint density at radius 3 is 2.37 bits per heavy atom. The summed E-state index contributed by atoms with van der Waals surface area (Å²) < 4.78 is 18.8. The summed E-state index contributed by atoms with van der Waals surface area (Å²) in [7, 11) is 6.47. The minimum absolute atomic E-state index is 0.167. The number of anilines is 2. The lowest BCUT2D eigenvalue weighted by Crippen LogP contribution is -2.37. The van der Waals surface area contributed by atoms with E-state index in [0.717, 1.165) is 16.8 Å². The van der Waals surface area contributed by atoms with Gasteiger partial charge in [-0.3, -0.25) is 19.1 Å². The maximum atomic E-state index is 13.8. The summed E-state index contributed by atoms with van der Waals surface area (Å²) in [6.07, 6.45) is 1.63. The van der Waals surface area contributed by atoms with Crippen molar-refractivity contribution in [2.45, 2.75) is 59.0 Å². The van der Waals surface area contributed by atoms with E-state index in [2.05, 4.69) is 21.0 Å². The number of carbonyl (C=O) groups is 2. The topological polar surface area (TPSA) is 133 Å². The van der Waals surface area contributed by atoms with Crippen LogP contribution in [-0.2, 0) is 23.1 Å². The molecule has 2 amide bonds. The van der Waals surface area contributed by atoms with Crippen LogP contribution in [0.1, 0.15) is 56.5 Å². The first-order valence-corrected chi connectivity index (χ1v) is 14.3. The van der Waals surface area contributed by atoms with E-state index in [0.29, 0.717) is 53.5 Å². The number of methoxy groups -OCH3 is 3. The number of ether oxygens (including phenoxy) is 3. The number of aryl methyl sites for hydroxylation is 3. The molecule has 0 saturated carbocycles. The van der Waals surface area contributed by atoms with Crippen LogP contribution >= 0.6 is 0 Å². The van der Waals surface area contributed by atoms with Gasteiger partial charge in [0.15, 0.2) is 17.3 Å². The van der Waals surface area contributed by atoms with Crippen molar-refractivity contribution in [1.82, 2.24) is 15.1 Å². The molecule has 2 unspecified atom stereocenters. The zero-order chi connectivity index (χ0) is 31.4. The molecule has 11 heteroatoms. The van der Waals surface area contributed by atoms with Crippen LogP contribution < -0.4 is 35.6 Å². The van der Waals surface area contributed by atoms with Gasteiger partial charge in [0, 0.05) is 31.3 Å². The van der Waals surface area contributed by atoms with Crippen molar-refractivity contribution < 1.29 is 23.8 Å². The zero-order valence-corrected chi connectivity index (χ0v) is 26.1. The average molecular weight is 592 g/mol. The van der Waals surface area contributed by atoms with Crippen molar-refractivity contribution in [1.29, 1.82) is 0 Å². The van der Waals surface area contributed by atoms with Gasteiger partial charge in [-0.2, -0.15) is 5.10 Å². The Kier molecular flexibility index (Phi) is 9.63. The smallest absolute Gasteiger partial charge is 0.248 e. The van der Waals surface area contributed by atoms with Gasteiger partial charge in [0.05, 0.1) is 33.1 Å². The fourth-order valence-corrected chi connectivity index (χ4v) is 5.55. The van der Waals surface area contributed by atoms with Gasteiger partial charge in [0.2, 0.25) is 23.0 Å². The molecule has 11 nitrogen and oxygen atoms in total. The highest BCUT2D eigenvalue weighted by Crippen LogP contribution is 2.50. The predicted molar refractivity (Wildman–Crippen MR) is 166 cm³/mol. The van der Waals surface area contributed by atoms with Crippen LogP contribution in [0.4, 0.5) is 11.5 Å². The average Bonchev–Trinajstić information content (AvgIpc) is 3.09. The van der Waals surface area contributed by atoms with Crippen molar-refractivity contribution in [2.24, 2.45) is 13.0 Å². The van der Waals surface area contributed by atoms with Crippen molar-refractivity contribution >= 4 is 23.3 Å². The number of carbonyl (C=O) groups excluding carboxylic acids is 2. The highest BCUT2D eigenvalue weighted by atomic mass is 16.5. The summed E-state index contributed by atoms with van der Waals surface area (Å²) in [6, 6.07) is 7.62. The quantitative estimate of drug-likeness (QED) is 0.317. The summed E-state index contributed by atoms with van der Waals surface area (Å²) >= 11 is 0. The molecule has 1 aliphatic carbocycles. The van der Waals surface area contributed by atoms with Gasteiger partial charge in [-0.1, -0.05) is 19.9 Å². The molecule has 1 heterocycles.